The molecule has 0 aromatic heterocycles. The van der Waals surface area contributed by atoms with Gasteiger partial charge in [-0.3, -0.25) is 4.79 Å². The number of ether oxygens (including phenoxy) is 1. The minimum absolute atomic E-state index is 0.116. The van der Waals surface area contributed by atoms with Gasteiger partial charge in [0.2, 0.25) is 0 Å². The molecule has 110 valence electrons. The van der Waals surface area contributed by atoms with Crippen molar-refractivity contribution in [1.82, 2.24) is 5.32 Å². The highest BCUT2D eigenvalue weighted by molar-refractivity contribution is 5.99. The lowest BCUT2D eigenvalue weighted by atomic mass is 10.0. The van der Waals surface area contributed by atoms with Crippen LogP contribution in [0.25, 0.3) is 0 Å². The maximum absolute atomic E-state index is 12.4. The number of ketones is 1. The smallest absolute Gasteiger partial charge is 0.179 e. The minimum atomic E-state index is -0.116. The van der Waals surface area contributed by atoms with E-state index in [1.165, 1.54) is 25.7 Å². The molecule has 1 aromatic carbocycles. The van der Waals surface area contributed by atoms with Gasteiger partial charge in [0.25, 0.3) is 0 Å². The van der Waals surface area contributed by atoms with Crippen molar-refractivity contribution in [3.8, 4) is 5.75 Å². The number of hydrogen-bond donors (Lipinski definition) is 1. The molecule has 3 heteroatoms. The number of hydrogen-bond acceptors (Lipinski definition) is 3. The topological polar surface area (TPSA) is 38.3 Å². The first-order valence-corrected chi connectivity index (χ1v) is 7.63. The van der Waals surface area contributed by atoms with E-state index in [0.717, 1.165) is 11.3 Å². The summed E-state index contributed by atoms with van der Waals surface area (Å²) in [6.07, 6.45) is 5.09. The van der Waals surface area contributed by atoms with Gasteiger partial charge in [-0.2, -0.15) is 0 Å². The summed E-state index contributed by atoms with van der Waals surface area (Å²) in [4.78, 5) is 12.4. The lowest BCUT2D eigenvalue weighted by Gasteiger charge is -2.18. The van der Waals surface area contributed by atoms with Crippen LogP contribution in [-0.4, -0.2) is 24.0 Å². The highest BCUT2D eigenvalue weighted by Crippen LogP contribution is 2.19. The Labute approximate surface area is 121 Å². The third-order valence-electron chi connectivity index (χ3n) is 3.74. The van der Waals surface area contributed by atoms with Crippen molar-refractivity contribution in [3.05, 3.63) is 29.8 Å². The van der Waals surface area contributed by atoms with Crippen LogP contribution in [0.3, 0.4) is 0 Å². The third-order valence-corrected chi connectivity index (χ3v) is 3.74. The molecule has 0 amide bonds. The summed E-state index contributed by atoms with van der Waals surface area (Å²) in [6, 6.07) is 7.85. The van der Waals surface area contributed by atoms with E-state index < -0.39 is 0 Å². The molecule has 1 aliphatic carbocycles. The van der Waals surface area contributed by atoms with Gasteiger partial charge in [-0.1, -0.05) is 12.8 Å². The monoisotopic (exact) mass is 275 g/mol. The molecule has 0 spiro atoms. The van der Waals surface area contributed by atoms with Gasteiger partial charge in [0.1, 0.15) is 5.75 Å². The Morgan fingerprint density at radius 2 is 1.75 bits per heavy atom. The Hall–Kier alpha value is -1.35. The zero-order valence-electron chi connectivity index (χ0n) is 12.7. The van der Waals surface area contributed by atoms with Crippen molar-refractivity contribution in [2.75, 3.05) is 0 Å². The van der Waals surface area contributed by atoms with Crippen molar-refractivity contribution < 1.29 is 9.53 Å². The quantitative estimate of drug-likeness (QED) is 0.806. The Balaban J connectivity index is 1.93. The Bertz CT molecular complexity index is 433. The summed E-state index contributed by atoms with van der Waals surface area (Å²) in [6.45, 7) is 5.94. The lowest BCUT2D eigenvalue weighted by molar-refractivity contribution is 0.0944. The van der Waals surface area contributed by atoms with Crippen LogP contribution in [0.4, 0.5) is 0 Å². The number of rotatable bonds is 6. The largest absolute Gasteiger partial charge is 0.491 e. The van der Waals surface area contributed by atoms with Crippen LogP contribution < -0.4 is 10.1 Å². The fourth-order valence-electron chi connectivity index (χ4n) is 2.74. The molecule has 1 atom stereocenters. The van der Waals surface area contributed by atoms with Gasteiger partial charge in [-0.15, -0.1) is 0 Å². The number of benzene rings is 1. The van der Waals surface area contributed by atoms with E-state index in [-0.39, 0.29) is 17.9 Å². The van der Waals surface area contributed by atoms with Crippen molar-refractivity contribution in [2.24, 2.45) is 0 Å². The van der Waals surface area contributed by atoms with E-state index in [1.807, 2.05) is 45.0 Å². The van der Waals surface area contributed by atoms with E-state index in [0.29, 0.717) is 6.04 Å². The van der Waals surface area contributed by atoms with Gasteiger partial charge in [0.15, 0.2) is 5.78 Å². The van der Waals surface area contributed by atoms with Crippen molar-refractivity contribution in [3.63, 3.8) is 0 Å². The number of carbonyl (C=O) groups excluding carboxylic acids is 1. The van der Waals surface area contributed by atoms with Gasteiger partial charge in [0, 0.05) is 11.6 Å². The highest BCUT2D eigenvalue weighted by Gasteiger charge is 2.21. The van der Waals surface area contributed by atoms with Crippen LogP contribution in [0.5, 0.6) is 5.75 Å². The molecule has 1 aliphatic rings. The minimum Gasteiger partial charge on any atom is -0.491 e. The predicted molar refractivity (Wildman–Crippen MR) is 81.4 cm³/mol. The molecule has 1 fully saturated rings. The molecule has 1 unspecified atom stereocenters. The molecule has 0 heterocycles. The van der Waals surface area contributed by atoms with Crippen molar-refractivity contribution in [1.29, 1.82) is 0 Å². The van der Waals surface area contributed by atoms with Crippen LogP contribution >= 0.6 is 0 Å². The fourth-order valence-corrected chi connectivity index (χ4v) is 2.74. The molecule has 20 heavy (non-hydrogen) atoms. The SMILES string of the molecule is CC(C)Oc1ccc(C(=O)C(C)NC2CCCC2)cc1. The summed E-state index contributed by atoms with van der Waals surface area (Å²) in [5.41, 5.74) is 0.749. The van der Waals surface area contributed by atoms with Crippen molar-refractivity contribution in [2.45, 2.75) is 64.6 Å². The summed E-state index contributed by atoms with van der Waals surface area (Å²) in [7, 11) is 0. The second-order valence-electron chi connectivity index (χ2n) is 5.92. The molecule has 1 N–H and O–H groups in total. The third kappa shape index (κ3) is 4.07. The van der Waals surface area contributed by atoms with Crippen LogP contribution in [0, 0.1) is 0 Å². The van der Waals surface area contributed by atoms with E-state index in [4.69, 9.17) is 4.74 Å². The molecule has 3 nitrogen and oxygen atoms in total. The first-order valence-electron chi connectivity index (χ1n) is 7.63. The molecule has 2 rings (SSSR count). The zero-order valence-corrected chi connectivity index (χ0v) is 12.7. The molecular formula is C17H25NO2. The lowest BCUT2D eigenvalue weighted by Crippen LogP contribution is -2.40. The van der Waals surface area contributed by atoms with E-state index in [1.54, 1.807) is 0 Å². The van der Waals surface area contributed by atoms with Crippen LogP contribution in [-0.2, 0) is 0 Å². The predicted octanol–water partition coefficient (Wildman–Crippen LogP) is 3.58. The van der Waals surface area contributed by atoms with Crippen LogP contribution in [0.1, 0.15) is 56.8 Å². The first-order chi connectivity index (χ1) is 9.56. The number of carbonyl (C=O) groups is 1. The van der Waals surface area contributed by atoms with Gasteiger partial charge in [-0.25, -0.2) is 0 Å². The Morgan fingerprint density at radius 1 is 1.15 bits per heavy atom. The average molecular weight is 275 g/mol. The molecule has 0 radical (unpaired) electrons. The van der Waals surface area contributed by atoms with Gasteiger partial charge >= 0.3 is 0 Å². The fraction of sp³-hybridized carbons (Fsp3) is 0.588. The highest BCUT2D eigenvalue weighted by atomic mass is 16.5. The molecule has 0 saturated heterocycles. The van der Waals surface area contributed by atoms with Crippen LogP contribution in [0.15, 0.2) is 24.3 Å². The van der Waals surface area contributed by atoms with Gasteiger partial charge < -0.3 is 10.1 Å². The maximum atomic E-state index is 12.4. The molecule has 1 saturated carbocycles. The molecular weight excluding hydrogens is 250 g/mol. The second kappa shape index (κ2) is 6.89. The first kappa shape index (κ1) is 15.0. The molecule has 1 aromatic rings. The maximum Gasteiger partial charge on any atom is 0.179 e. The van der Waals surface area contributed by atoms with Crippen LogP contribution in [0.2, 0.25) is 0 Å². The van der Waals surface area contributed by atoms with Gasteiger partial charge in [-0.05, 0) is 57.9 Å². The van der Waals surface area contributed by atoms with E-state index >= 15 is 0 Å². The summed E-state index contributed by atoms with van der Waals surface area (Å²) in [5.74, 6) is 0.973. The standard InChI is InChI=1S/C17H25NO2/c1-12(2)20-16-10-8-14(9-11-16)17(19)13(3)18-15-6-4-5-7-15/h8-13,15,18H,4-7H2,1-3H3. The number of nitrogens with one attached hydrogen (secondary N) is 1. The second-order valence-corrected chi connectivity index (χ2v) is 5.92. The average Bonchev–Trinajstić information content (AvgIpc) is 2.91. The van der Waals surface area contributed by atoms with Gasteiger partial charge in [0.05, 0.1) is 12.1 Å². The Kier molecular flexibility index (Phi) is 5.18. The number of Topliss-reactive ketones (excluding diaryl/α,β-unsaturated/α-hetero) is 1. The molecule has 0 bridgehead atoms. The normalized spacial score (nSPS) is 17.4. The summed E-state index contributed by atoms with van der Waals surface area (Å²) >= 11 is 0. The summed E-state index contributed by atoms with van der Waals surface area (Å²) in [5, 5.41) is 3.44. The Morgan fingerprint density at radius 3 is 2.30 bits per heavy atom. The zero-order chi connectivity index (χ0) is 14.5. The van der Waals surface area contributed by atoms with E-state index in [9.17, 15) is 4.79 Å². The molecule has 0 aliphatic heterocycles. The summed E-state index contributed by atoms with van der Waals surface area (Å²) < 4.78 is 5.59. The van der Waals surface area contributed by atoms with Crippen molar-refractivity contribution >= 4 is 5.78 Å². The van der Waals surface area contributed by atoms with E-state index in [2.05, 4.69) is 5.32 Å².